The average Bonchev–Trinajstić information content (AvgIpc) is 2.56. The largest absolute Gasteiger partial charge is 0.343 e. The van der Waals surface area contributed by atoms with E-state index in [4.69, 9.17) is 0 Å². The normalized spacial score (nSPS) is 10.2. The summed E-state index contributed by atoms with van der Waals surface area (Å²) in [6.45, 7) is 2.23. The molecular formula is C18H21FN4O2. The Bertz CT molecular complexity index is 777. The number of hydrogen-bond donors (Lipinski definition) is 2. The van der Waals surface area contributed by atoms with Crippen LogP contribution in [-0.2, 0) is 6.42 Å². The summed E-state index contributed by atoms with van der Waals surface area (Å²) >= 11 is 0. The number of amides is 3. The van der Waals surface area contributed by atoms with Crippen molar-refractivity contribution in [3.8, 4) is 0 Å². The van der Waals surface area contributed by atoms with Gasteiger partial charge in [-0.1, -0.05) is 12.1 Å². The molecule has 1 aromatic heterocycles. The molecule has 132 valence electrons. The van der Waals surface area contributed by atoms with E-state index in [1.54, 1.807) is 38.4 Å². The molecule has 0 aliphatic heterocycles. The number of nitrogens with one attached hydrogen (secondary N) is 2. The highest BCUT2D eigenvalue weighted by atomic mass is 19.1. The minimum atomic E-state index is -0.415. The number of carbonyl (C=O) groups is 2. The van der Waals surface area contributed by atoms with Crippen LogP contribution in [0.3, 0.4) is 0 Å². The fraction of sp³-hybridized carbons (Fsp3) is 0.278. The van der Waals surface area contributed by atoms with Crippen LogP contribution in [0.2, 0.25) is 0 Å². The van der Waals surface area contributed by atoms with Crippen molar-refractivity contribution in [2.45, 2.75) is 13.3 Å². The van der Waals surface area contributed by atoms with Gasteiger partial charge in [0.15, 0.2) is 0 Å². The molecule has 3 amide bonds. The number of rotatable bonds is 5. The van der Waals surface area contributed by atoms with Crippen molar-refractivity contribution in [3.05, 3.63) is 59.0 Å². The van der Waals surface area contributed by atoms with E-state index in [9.17, 15) is 14.0 Å². The second-order valence-electron chi connectivity index (χ2n) is 5.81. The molecular weight excluding hydrogens is 323 g/mol. The SMILES string of the molecule is Cc1cc(F)ccc1CCNC(=O)Nc1cccc(C(=O)N(C)C)n1. The van der Waals surface area contributed by atoms with Crippen LogP contribution < -0.4 is 10.6 Å². The lowest BCUT2D eigenvalue weighted by atomic mass is 10.1. The Kier molecular flexibility index (Phi) is 6.05. The molecule has 6 nitrogen and oxygen atoms in total. The standard InChI is InChI=1S/C18H21FN4O2/c1-12-11-14(19)8-7-13(12)9-10-20-18(25)22-16-6-4-5-15(21-16)17(24)23(2)3/h4-8,11H,9-10H2,1-3H3,(H2,20,21,22,25). The van der Waals surface area contributed by atoms with Gasteiger partial charge < -0.3 is 10.2 Å². The molecule has 0 spiro atoms. The number of urea groups is 1. The second-order valence-corrected chi connectivity index (χ2v) is 5.81. The van der Waals surface area contributed by atoms with Gasteiger partial charge in [-0.2, -0.15) is 0 Å². The van der Waals surface area contributed by atoms with Gasteiger partial charge in [0.2, 0.25) is 0 Å². The molecule has 25 heavy (non-hydrogen) atoms. The van der Waals surface area contributed by atoms with Crippen molar-refractivity contribution < 1.29 is 14.0 Å². The van der Waals surface area contributed by atoms with Crippen LogP contribution in [0, 0.1) is 12.7 Å². The lowest BCUT2D eigenvalue weighted by Crippen LogP contribution is -2.31. The topological polar surface area (TPSA) is 74.3 Å². The molecule has 0 radical (unpaired) electrons. The van der Waals surface area contributed by atoms with Gasteiger partial charge >= 0.3 is 6.03 Å². The zero-order valence-corrected chi connectivity index (χ0v) is 14.5. The predicted molar refractivity (Wildman–Crippen MR) is 94.1 cm³/mol. The molecule has 7 heteroatoms. The molecule has 0 unspecified atom stereocenters. The van der Waals surface area contributed by atoms with Crippen LogP contribution in [0.5, 0.6) is 0 Å². The number of carbonyl (C=O) groups excluding carboxylic acids is 2. The first-order valence-corrected chi connectivity index (χ1v) is 7.85. The Morgan fingerprint density at radius 1 is 1.20 bits per heavy atom. The van der Waals surface area contributed by atoms with Gasteiger partial charge in [0.25, 0.3) is 5.91 Å². The molecule has 0 atom stereocenters. The quantitative estimate of drug-likeness (QED) is 0.875. The van der Waals surface area contributed by atoms with Crippen molar-refractivity contribution in [1.29, 1.82) is 0 Å². The summed E-state index contributed by atoms with van der Waals surface area (Å²) in [5.74, 6) is -0.218. The van der Waals surface area contributed by atoms with Crippen LogP contribution >= 0.6 is 0 Å². The Morgan fingerprint density at radius 3 is 2.64 bits per heavy atom. The van der Waals surface area contributed by atoms with Gasteiger partial charge in [0.1, 0.15) is 17.3 Å². The van der Waals surface area contributed by atoms with E-state index in [1.807, 2.05) is 6.92 Å². The number of benzene rings is 1. The molecule has 0 bridgehead atoms. The van der Waals surface area contributed by atoms with E-state index in [2.05, 4.69) is 15.6 Å². The van der Waals surface area contributed by atoms with Gasteiger partial charge in [0.05, 0.1) is 0 Å². The molecule has 1 heterocycles. The number of hydrogen-bond acceptors (Lipinski definition) is 3. The van der Waals surface area contributed by atoms with E-state index in [1.165, 1.54) is 17.0 Å². The van der Waals surface area contributed by atoms with Crippen LogP contribution in [0.15, 0.2) is 36.4 Å². The minimum absolute atomic E-state index is 0.240. The van der Waals surface area contributed by atoms with Crippen molar-refractivity contribution in [3.63, 3.8) is 0 Å². The molecule has 0 aliphatic carbocycles. The van der Waals surface area contributed by atoms with Crippen molar-refractivity contribution in [2.75, 3.05) is 26.0 Å². The number of aryl methyl sites for hydroxylation is 1. The summed E-state index contributed by atoms with van der Waals surface area (Å²) in [4.78, 5) is 29.3. The maximum atomic E-state index is 13.1. The fourth-order valence-corrected chi connectivity index (χ4v) is 2.26. The summed E-state index contributed by atoms with van der Waals surface area (Å²) in [7, 11) is 3.27. The van der Waals surface area contributed by atoms with Crippen molar-refractivity contribution in [2.24, 2.45) is 0 Å². The molecule has 1 aromatic carbocycles. The zero-order valence-electron chi connectivity index (χ0n) is 14.5. The molecule has 0 saturated heterocycles. The Hall–Kier alpha value is -2.96. The fourth-order valence-electron chi connectivity index (χ4n) is 2.26. The van der Waals surface area contributed by atoms with Crippen LogP contribution in [-0.4, -0.2) is 42.5 Å². The van der Waals surface area contributed by atoms with E-state index in [0.29, 0.717) is 18.8 Å². The third-order valence-electron chi connectivity index (χ3n) is 3.60. The van der Waals surface area contributed by atoms with Crippen LogP contribution in [0.1, 0.15) is 21.6 Å². The lowest BCUT2D eigenvalue weighted by Gasteiger charge is -2.11. The number of halogens is 1. The van der Waals surface area contributed by atoms with Crippen LogP contribution in [0.25, 0.3) is 0 Å². The number of pyridine rings is 1. The van der Waals surface area contributed by atoms with E-state index >= 15 is 0 Å². The highest BCUT2D eigenvalue weighted by Gasteiger charge is 2.11. The van der Waals surface area contributed by atoms with E-state index in [0.717, 1.165) is 11.1 Å². The summed E-state index contributed by atoms with van der Waals surface area (Å²) < 4.78 is 13.1. The van der Waals surface area contributed by atoms with Crippen molar-refractivity contribution >= 4 is 17.8 Å². The number of anilines is 1. The molecule has 0 saturated carbocycles. The highest BCUT2D eigenvalue weighted by molar-refractivity contribution is 5.93. The van der Waals surface area contributed by atoms with Crippen LogP contribution in [0.4, 0.5) is 15.0 Å². The zero-order chi connectivity index (χ0) is 18.4. The number of nitrogens with zero attached hydrogens (tertiary/aromatic N) is 2. The molecule has 0 fully saturated rings. The summed E-state index contributed by atoms with van der Waals surface area (Å²) in [6.07, 6.45) is 0.589. The Morgan fingerprint density at radius 2 is 1.96 bits per heavy atom. The first kappa shape index (κ1) is 18.4. The third kappa shape index (κ3) is 5.27. The maximum absolute atomic E-state index is 13.1. The smallest absolute Gasteiger partial charge is 0.320 e. The lowest BCUT2D eigenvalue weighted by molar-refractivity contribution is 0.0822. The van der Waals surface area contributed by atoms with E-state index < -0.39 is 6.03 Å². The van der Waals surface area contributed by atoms with Gasteiger partial charge in [-0.3, -0.25) is 10.1 Å². The van der Waals surface area contributed by atoms with Gasteiger partial charge in [0, 0.05) is 20.6 Å². The first-order chi connectivity index (χ1) is 11.9. The third-order valence-corrected chi connectivity index (χ3v) is 3.60. The minimum Gasteiger partial charge on any atom is -0.343 e. The monoisotopic (exact) mass is 344 g/mol. The first-order valence-electron chi connectivity index (χ1n) is 7.85. The van der Waals surface area contributed by atoms with Gasteiger partial charge in [-0.15, -0.1) is 0 Å². The van der Waals surface area contributed by atoms with Gasteiger partial charge in [-0.05, 0) is 48.7 Å². The average molecular weight is 344 g/mol. The molecule has 2 rings (SSSR count). The summed E-state index contributed by atoms with van der Waals surface area (Å²) in [5, 5.41) is 5.31. The highest BCUT2D eigenvalue weighted by Crippen LogP contribution is 2.10. The second kappa shape index (κ2) is 8.23. The summed E-state index contributed by atoms with van der Waals surface area (Å²) in [5.41, 5.74) is 2.07. The molecule has 0 aliphatic rings. The van der Waals surface area contributed by atoms with E-state index in [-0.39, 0.29) is 17.4 Å². The molecule has 2 aromatic rings. The predicted octanol–water partition coefficient (Wildman–Crippen LogP) is 2.60. The Labute approximate surface area is 146 Å². The number of aromatic nitrogens is 1. The Balaban J connectivity index is 1.88. The summed E-state index contributed by atoms with van der Waals surface area (Å²) in [6, 6.07) is 9.01. The maximum Gasteiger partial charge on any atom is 0.320 e. The molecule has 2 N–H and O–H groups in total. The van der Waals surface area contributed by atoms with Crippen molar-refractivity contribution in [1.82, 2.24) is 15.2 Å². The van der Waals surface area contributed by atoms with Gasteiger partial charge in [-0.25, -0.2) is 14.2 Å².